The molecule has 0 bridgehead atoms. The van der Waals surface area contributed by atoms with Crippen LogP contribution in [0.15, 0.2) is 23.2 Å². The molecule has 0 aliphatic heterocycles. The first-order chi connectivity index (χ1) is 6.31. The molecule has 0 radical (unpaired) electrons. The second kappa shape index (κ2) is 4.92. The molecule has 0 spiro atoms. The van der Waals surface area contributed by atoms with E-state index in [9.17, 15) is 0 Å². The van der Waals surface area contributed by atoms with Crippen LogP contribution in [0, 0.1) is 0 Å². The summed E-state index contributed by atoms with van der Waals surface area (Å²) in [4.78, 5) is 1.80. The minimum Gasteiger partial charge on any atom is -0.493 e. The number of hydrogen-bond acceptors (Lipinski definition) is 2. The van der Waals surface area contributed by atoms with E-state index in [1.807, 2.05) is 24.3 Å². The Balaban J connectivity index is 3.05. The average molecular weight is 243 g/mol. The Morgan fingerprint density at radius 1 is 1.15 bits per heavy atom. The van der Waals surface area contributed by atoms with Gasteiger partial charge >= 0.3 is 0 Å². The molecule has 0 saturated carbocycles. The van der Waals surface area contributed by atoms with Gasteiger partial charge in [-0.3, -0.25) is 0 Å². The second-order valence-corrected chi connectivity index (χ2v) is 2.94. The monoisotopic (exact) mass is 242 g/mol. The Bertz CT molecular complexity index is 308. The summed E-state index contributed by atoms with van der Waals surface area (Å²) in [7, 11) is 3.25. The summed E-state index contributed by atoms with van der Waals surface area (Å²) in [6.07, 6.45) is 1.93. The molecule has 70 valence electrons. The van der Waals surface area contributed by atoms with E-state index in [-0.39, 0.29) is 0 Å². The van der Waals surface area contributed by atoms with Crippen molar-refractivity contribution in [2.75, 3.05) is 14.2 Å². The van der Waals surface area contributed by atoms with Crippen LogP contribution in [-0.4, -0.2) is 14.2 Å². The van der Waals surface area contributed by atoms with Crippen molar-refractivity contribution in [1.82, 2.24) is 0 Å². The van der Waals surface area contributed by atoms with Gasteiger partial charge in [0, 0.05) is 0 Å². The van der Waals surface area contributed by atoms with Gasteiger partial charge in [-0.25, -0.2) is 0 Å². The van der Waals surface area contributed by atoms with Gasteiger partial charge in [0.2, 0.25) is 0 Å². The lowest BCUT2D eigenvalue weighted by Gasteiger charge is -2.07. The third-order valence-corrected chi connectivity index (χ3v) is 1.93. The number of halogens is 1. The Kier molecular flexibility index (Phi) is 3.83. The number of rotatable bonds is 3. The predicted molar refractivity (Wildman–Crippen MR) is 57.5 cm³/mol. The third-order valence-electron chi connectivity index (χ3n) is 1.66. The summed E-state index contributed by atoms with van der Waals surface area (Å²) in [5.74, 6) is 1.49. The van der Waals surface area contributed by atoms with Gasteiger partial charge in [-0.05, 0) is 28.8 Å². The third kappa shape index (κ3) is 2.49. The van der Waals surface area contributed by atoms with E-state index >= 15 is 0 Å². The molecule has 2 nitrogen and oxygen atoms in total. The molecule has 0 unspecified atom stereocenters. The topological polar surface area (TPSA) is 18.5 Å². The summed E-state index contributed by atoms with van der Waals surface area (Å²) < 4.78 is 10.3. The average Bonchev–Trinajstić information content (AvgIpc) is 2.18. The fourth-order valence-electron chi connectivity index (χ4n) is 1.03. The normalized spacial score (nSPS) is 10.4. The Morgan fingerprint density at radius 2 is 1.85 bits per heavy atom. The first-order valence-electron chi connectivity index (χ1n) is 3.80. The van der Waals surface area contributed by atoms with Crippen molar-refractivity contribution in [2.45, 2.75) is 0 Å². The molecule has 13 heavy (non-hydrogen) atoms. The fourth-order valence-corrected chi connectivity index (χ4v) is 1.33. The van der Waals surface area contributed by atoms with Crippen LogP contribution in [-0.2, 0) is 0 Å². The van der Waals surface area contributed by atoms with Crippen molar-refractivity contribution in [3.05, 3.63) is 28.7 Å². The van der Waals surface area contributed by atoms with Gasteiger partial charge in [0.25, 0.3) is 0 Å². The molecule has 0 heterocycles. The highest BCUT2D eigenvalue weighted by Gasteiger charge is 2.01. The lowest BCUT2D eigenvalue weighted by molar-refractivity contribution is 0.355. The lowest BCUT2D eigenvalue weighted by Crippen LogP contribution is -1.90. The quantitative estimate of drug-likeness (QED) is 0.812. The minimum atomic E-state index is 0.741. The maximum absolute atomic E-state index is 5.15. The number of ether oxygens (including phenoxy) is 2. The maximum atomic E-state index is 5.15. The molecule has 0 aliphatic carbocycles. The highest BCUT2D eigenvalue weighted by molar-refractivity contribution is 9.11. The van der Waals surface area contributed by atoms with E-state index < -0.39 is 0 Å². The Morgan fingerprint density at radius 3 is 2.38 bits per heavy atom. The summed E-state index contributed by atoms with van der Waals surface area (Å²) in [5, 5.41) is 0. The molecule has 1 aromatic rings. The van der Waals surface area contributed by atoms with Crippen LogP contribution in [0.5, 0.6) is 11.5 Å². The van der Waals surface area contributed by atoms with E-state index in [4.69, 9.17) is 9.47 Å². The molecule has 1 aromatic carbocycles. The van der Waals surface area contributed by atoms with Gasteiger partial charge < -0.3 is 9.47 Å². The lowest BCUT2D eigenvalue weighted by atomic mass is 10.2. The van der Waals surface area contributed by atoms with Crippen LogP contribution in [0.1, 0.15) is 5.56 Å². The van der Waals surface area contributed by atoms with Crippen LogP contribution in [0.4, 0.5) is 0 Å². The largest absolute Gasteiger partial charge is 0.493 e. The fraction of sp³-hybridized carbons (Fsp3) is 0.200. The van der Waals surface area contributed by atoms with Crippen LogP contribution < -0.4 is 9.47 Å². The summed E-state index contributed by atoms with van der Waals surface area (Å²) in [6.45, 7) is 0. The maximum Gasteiger partial charge on any atom is 0.161 e. The summed E-state index contributed by atoms with van der Waals surface area (Å²) in [6, 6.07) is 5.75. The first-order valence-corrected chi connectivity index (χ1v) is 4.72. The summed E-state index contributed by atoms with van der Waals surface area (Å²) >= 11 is 3.22. The van der Waals surface area contributed by atoms with Crippen molar-refractivity contribution in [3.8, 4) is 11.5 Å². The smallest absolute Gasteiger partial charge is 0.161 e. The number of benzene rings is 1. The van der Waals surface area contributed by atoms with Gasteiger partial charge in [0.05, 0.1) is 14.2 Å². The Hall–Kier alpha value is -0.960. The van der Waals surface area contributed by atoms with Gasteiger partial charge in [-0.2, -0.15) is 0 Å². The Labute approximate surface area is 86.3 Å². The zero-order valence-corrected chi connectivity index (χ0v) is 9.17. The first kappa shape index (κ1) is 10.1. The van der Waals surface area contributed by atoms with E-state index in [0.29, 0.717) is 0 Å². The van der Waals surface area contributed by atoms with Gasteiger partial charge in [0.15, 0.2) is 11.5 Å². The van der Waals surface area contributed by atoms with E-state index in [0.717, 1.165) is 17.1 Å². The minimum absolute atomic E-state index is 0.741. The summed E-state index contributed by atoms with van der Waals surface area (Å²) in [5.41, 5.74) is 1.06. The van der Waals surface area contributed by atoms with Crippen molar-refractivity contribution in [1.29, 1.82) is 0 Å². The van der Waals surface area contributed by atoms with Gasteiger partial charge in [-0.15, -0.1) is 0 Å². The van der Waals surface area contributed by atoms with E-state index in [1.165, 1.54) is 0 Å². The molecule has 0 aliphatic rings. The number of methoxy groups -OCH3 is 2. The van der Waals surface area contributed by atoms with Gasteiger partial charge in [0.1, 0.15) is 0 Å². The van der Waals surface area contributed by atoms with Crippen molar-refractivity contribution in [3.63, 3.8) is 0 Å². The van der Waals surface area contributed by atoms with Crippen LogP contribution in [0.2, 0.25) is 0 Å². The van der Waals surface area contributed by atoms with E-state index in [1.54, 1.807) is 19.2 Å². The van der Waals surface area contributed by atoms with Crippen LogP contribution in [0.25, 0.3) is 6.08 Å². The zero-order valence-electron chi connectivity index (χ0n) is 7.58. The van der Waals surface area contributed by atoms with Crippen molar-refractivity contribution < 1.29 is 9.47 Å². The second-order valence-electron chi connectivity index (χ2n) is 2.41. The molecule has 0 amide bonds. The highest BCUT2D eigenvalue weighted by atomic mass is 79.9. The predicted octanol–water partition coefficient (Wildman–Crippen LogP) is 3.07. The standard InChI is InChI=1S/C10H11BrO2/c1-12-9-4-3-8(5-6-11)7-10(9)13-2/h3-7H,1-2H3. The molecule has 3 heteroatoms. The molecule has 0 atom stereocenters. The molecular weight excluding hydrogens is 232 g/mol. The van der Waals surface area contributed by atoms with Gasteiger partial charge in [-0.1, -0.05) is 22.0 Å². The SMILES string of the molecule is COc1ccc(C=CBr)cc1OC. The molecule has 0 fully saturated rings. The molecule has 0 saturated heterocycles. The van der Waals surface area contributed by atoms with Crippen molar-refractivity contribution >= 4 is 22.0 Å². The van der Waals surface area contributed by atoms with Crippen LogP contribution >= 0.6 is 15.9 Å². The molecular formula is C10H11BrO2. The van der Waals surface area contributed by atoms with Crippen LogP contribution in [0.3, 0.4) is 0 Å². The molecule has 0 N–H and O–H groups in total. The molecule has 0 aromatic heterocycles. The number of hydrogen-bond donors (Lipinski definition) is 0. The van der Waals surface area contributed by atoms with Crippen molar-refractivity contribution in [2.24, 2.45) is 0 Å². The molecule has 1 rings (SSSR count). The van der Waals surface area contributed by atoms with E-state index in [2.05, 4.69) is 15.9 Å². The zero-order chi connectivity index (χ0) is 9.68. The highest BCUT2D eigenvalue weighted by Crippen LogP contribution is 2.27.